The molecule has 1 aromatic heterocycles. The first kappa shape index (κ1) is 12.7. The predicted octanol–water partition coefficient (Wildman–Crippen LogP) is 3.37. The zero-order chi connectivity index (χ0) is 12.9. The van der Waals surface area contributed by atoms with E-state index in [0.717, 1.165) is 39.1 Å². The summed E-state index contributed by atoms with van der Waals surface area (Å²) in [5, 5.41) is 1.39. The summed E-state index contributed by atoms with van der Waals surface area (Å²) in [5.74, 6) is 0. The Labute approximate surface area is 118 Å². The molecule has 2 heterocycles. The van der Waals surface area contributed by atoms with E-state index in [0.29, 0.717) is 0 Å². The lowest BCUT2D eigenvalue weighted by Crippen LogP contribution is -2.35. The minimum Gasteiger partial charge on any atom is -0.378 e. The van der Waals surface area contributed by atoms with Crippen molar-refractivity contribution in [3.63, 3.8) is 0 Å². The van der Waals surface area contributed by atoms with Gasteiger partial charge in [0.05, 0.1) is 18.2 Å². The zero-order valence-electron chi connectivity index (χ0n) is 11.0. The highest BCUT2D eigenvalue weighted by Gasteiger charge is 2.12. The van der Waals surface area contributed by atoms with Crippen LogP contribution in [0.25, 0.3) is 0 Å². The first-order chi connectivity index (χ1) is 9.42. The van der Waals surface area contributed by atoms with Crippen LogP contribution in [0.3, 0.4) is 0 Å². The molecule has 2 aromatic rings. The van der Waals surface area contributed by atoms with Crippen LogP contribution < -0.4 is 4.90 Å². The van der Waals surface area contributed by atoms with E-state index >= 15 is 0 Å². The van der Waals surface area contributed by atoms with Crippen molar-refractivity contribution in [2.75, 3.05) is 31.2 Å². The summed E-state index contributed by atoms with van der Waals surface area (Å²) in [7, 11) is 0. The molecule has 2 nitrogen and oxygen atoms in total. The molecule has 1 aromatic carbocycles. The average molecular weight is 273 g/mol. The molecule has 0 amide bonds. The van der Waals surface area contributed by atoms with Gasteiger partial charge in [-0.2, -0.15) is 0 Å². The van der Waals surface area contributed by atoms with Crippen molar-refractivity contribution in [2.45, 2.75) is 12.8 Å². The van der Waals surface area contributed by atoms with Crippen LogP contribution in [-0.4, -0.2) is 26.3 Å². The Balaban J connectivity index is 1.58. The Morgan fingerprint density at radius 3 is 2.53 bits per heavy atom. The molecular weight excluding hydrogens is 254 g/mol. The third kappa shape index (κ3) is 3.37. The monoisotopic (exact) mass is 273 g/mol. The van der Waals surface area contributed by atoms with Crippen LogP contribution in [-0.2, 0) is 17.6 Å². The topological polar surface area (TPSA) is 12.5 Å². The van der Waals surface area contributed by atoms with Crippen molar-refractivity contribution in [3.8, 4) is 0 Å². The highest BCUT2D eigenvalue weighted by molar-refractivity contribution is 7.16. The molecule has 0 spiro atoms. The molecule has 0 radical (unpaired) electrons. The van der Waals surface area contributed by atoms with E-state index in [1.165, 1.54) is 15.4 Å². The van der Waals surface area contributed by atoms with Gasteiger partial charge in [0.25, 0.3) is 0 Å². The molecule has 3 heteroatoms. The summed E-state index contributed by atoms with van der Waals surface area (Å²) >= 11 is 1.93. The molecular formula is C16H19NOS. The fourth-order valence-electron chi connectivity index (χ4n) is 2.37. The van der Waals surface area contributed by atoms with Gasteiger partial charge in [-0.05, 0) is 30.5 Å². The maximum Gasteiger partial charge on any atom is 0.0912 e. The summed E-state index contributed by atoms with van der Waals surface area (Å²) in [6.07, 6.45) is 2.27. The van der Waals surface area contributed by atoms with E-state index in [-0.39, 0.29) is 0 Å². The maximum absolute atomic E-state index is 5.40. The van der Waals surface area contributed by atoms with Gasteiger partial charge in [0.15, 0.2) is 0 Å². The number of nitrogens with zero attached hydrogens (tertiary/aromatic N) is 1. The van der Waals surface area contributed by atoms with Crippen molar-refractivity contribution in [3.05, 3.63) is 52.9 Å². The zero-order valence-corrected chi connectivity index (χ0v) is 11.9. The number of rotatable bonds is 4. The second-order valence-electron chi connectivity index (χ2n) is 4.82. The van der Waals surface area contributed by atoms with Gasteiger partial charge in [-0.25, -0.2) is 0 Å². The van der Waals surface area contributed by atoms with Crippen LogP contribution in [0.15, 0.2) is 42.5 Å². The number of morpholine rings is 1. The number of thiophene rings is 1. The number of hydrogen-bond acceptors (Lipinski definition) is 3. The number of benzene rings is 1. The normalized spacial score (nSPS) is 15.7. The van der Waals surface area contributed by atoms with E-state index in [2.05, 4.69) is 47.4 Å². The quantitative estimate of drug-likeness (QED) is 0.847. The van der Waals surface area contributed by atoms with Gasteiger partial charge >= 0.3 is 0 Å². The van der Waals surface area contributed by atoms with Crippen LogP contribution in [0.2, 0.25) is 0 Å². The van der Waals surface area contributed by atoms with E-state index in [1.807, 2.05) is 11.3 Å². The molecule has 1 fully saturated rings. The van der Waals surface area contributed by atoms with Crippen molar-refractivity contribution in [2.24, 2.45) is 0 Å². The molecule has 1 aliphatic heterocycles. The molecule has 1 saturated heterocycles. The summed E-state index contributed by atoms with van der Waals surface area (Å²) < 4.78 is 5.40. The molecule has 3 rings (SSSR count). The van der Waals surface area contributed by atoms with E-state index in [9.17, 15) is 0 Å². The van der Waals surface area contributed by atoms with E-state index in [4.69, 9.17) is 4.74 Å². The molecule has 100 valence electrons. The third-order valence-electron chi connectivity index (χ3n) is 3.47. The SMILES string of the molecule is c1ccc(CCc2ccc(N3CCOCC3)s2)cc1. The molecule has 0 atom stereocenters. The first-order valence-corrected chi connectivity index (χ1v) is 7.69. The van der Waals surface area contributed by atoms with Crippen LogP contribution in [0.1, 0.15) is 10.4 Å². The Hall–Kier alpha value is -1.32. The van der Waals surface area contributed by atoms with Crippen LogP contribution in [0.4, 0.5) is 5.00 Å². The Kier molecular flexibility index (Phi) is 4.16. The summed E-state index contributed by atoms with van der Waals surface area (Å²) in [5.41, 5.74) is 1.42. The molecule has 0 bridgehead atoms. The minimum absolute atomic E-state index is 0.858. The lowest BCUT2D eigenvalue weighted by Gasteiger charge is -2.27. The van der Waals surface area contributed by atoms with Gasteiger partial charge in [0.1, 0.15) is 0 Å². The largest absolute Gasteiger partial charge is 0.378 e. The molecule has 19 heavy (non-hydrogen) atoms. The lowest BCUT2D eigenvalue weighted by atomic mass is 10.1. The lowest BCUT2D eigenvalue weighted by molar-refractivity contribution is 0.123. The van der Waals surface area contributed by atoms with Crippen LogP contribution >= 0.6 is 11.3 Å². The molecule has 0 saturated carbocycles. The minimum atomic E-state index is 0.858. The third-order valence-corrected chi connectivity index (χ3v) is 4.68. The fourth-order valence-corrected chi connectivity index (χ4v) is 3.42. The molecule has 0 N–H and O–H groups in total. The highest BCUT2D eigenvalue weighted by atomic mass is 32.1. The molecule has 1 aliphatic rings. The number of ether oxygens (including phenoxy) is 1. The number of anilines is 1. The second-order valence-corrected chi connectivity index (χ2v) is 5.97. The first-order valence-electron chi connectivity index (χ1n) is 6.87. The maximum atomic E-state index is 5.40. The smallest absolute Gasteiger partial charge is 0.0912 e. The summed E-state index contributed by atoms with van der Waals surface area (Å²) in [6.45, 7) is 3.77. The Morgan fingerprint density at radius 2 is 1.74 bits per heavy atom. The predicted molar refractivity (Wildman–Crippen MR) is 81.2 cm³/mol. The van der Waals surface area contributed by atoms with Gasteiger partial charge in [0.2, 0.25) is 0 Å². The Bertz CT molecular complexity index is 502. The number of aryl methyl sites for hydroxylation is 2. The van der Waals surface area contributed by atoms with Gasteiger partial charge in [0, 0.05) is 18.0 Å². The van der Waals surface area contributed by atoms with Gasteiger partial charge in [-0.3, -0.25) is 0 Å². The van der Waals surface area contributed by atoms with Crippen molar-refractivity contribution >= 4 is 16.3 Å². The van der Waals surface area contributed by atoms with Gasteiger partial charge in [-0.15, -0.1) is 11.3 Å². The second kappa shape index (κ2) is 6.22. The Morgan fingerprint density at radius 1 is 0.947 bits per heavy atom. The van der Waals surface area contributed by atoms with E-state index < -0.39 is 0 Å². The highest BCUT2D eigenvalue weighted by Crippen LogP contribution is 2.27. The van der Waals surface area contributed by atoms with Crippen LogP contribution in [0.5, 0.6) is 0 Å². The van der Waals surface area contributed by atoms with Gasteiger partial charge in [-0.1, -0.05) is 30.3 Å². The van der Waals surface area contributed by atoms with Gasteiger partial charge < -0.3 is 9.64 Å². The molecule has 0 unspecified atom stereocenters. The van der Waals surface area contributed by atoms with Crippen molar-refractivity contribution < 1.29 is 4.74 Å². The molecule has 0 aliphatic carbocycles. The standard InChI is InChI=1S/C16H19NOS/c1-2-4-14(5-3-1)6-7-15-8-9-16(19-15)17-10-12-18-13-11-17/h1-5,8-9H,6-7,10-13H2. The van der Waals surface area contributed by atoms with E-state index in [1.54, 1.807) is 0 Å². The van der Waals surface area contributed by atoms with Crippen molar-refractivity contribution in [1.82, 2.24) is 0 Å². The van der Waals surface area contributed by atoms with Crippen LogP contribution in [0, 0.1) is 0 Å². The number of hydrogen-bond donors (Lipinski definition) is 0. The summed E-state index contributed by atoms with van der Waals surface area (Å²) in [6, 6.07) is 15.2. The summed E-state index contributed by atoms with van der Waals surface area (Å²) in [4.78, 5) is 3.91. The fraction of sp³-hybridized carbons (Fsp3) is 0.375. The average Bonchev–Trinajstić information content (AvgIpc) is 2.96. The van der Waals surface area contributed by atoms with Crippen molar-refractivity contribution in [1.29, 1.82) is 0 Å².